The van der Waals surface area contributed by atoms with Gasteiger partial charge in [0, 0.05) is 23.0 Å². The second kappa shape index (κ2) is 9.05. The highest BCUT2D eigenvalue weighted by Crippen LogP contribution is 2.05. The van der Waals surface area contributed by atoms with Gasteiger partial charge in [0.1, 0.15) is 0 Å². The van der Waals surface area contributed by atoms with Crippen molar-refractivity contribution in [1.29, 1.82) is 0 Å². The molecule has 0 N–H and O–H groups in total. The van der Waals surface area contributed by atoms with Gasteiger partial charge in [-0.15, -0.1) is 0 Å². The molecule has 0 nitrogen and oxygen atoms in total. The maximum absolute atomic E-state index is 4.79. The number of rotatable bonds is 6. The van der Waals surface area contributed by atoms with Gasteiger partial charge < -0.3 is 0 Å². The van der Waals surface area contributed by atoms with Crippen molar-refractivity contribution in [2.24, 2.45) is 0 Å². The van der Waals surface area contributed by atoms with Crippen LogP contribution < -0.4 is 0 Å². The van der Waals surface area contributed by atoms with Gasteiger partial charge in [0.25, 0.3) is 0 Å². The van der Waals surface area contributed by atoms with Crippen LogP contribution in [0.3, 0.4) is 0 Å². The molecule has 0 rings (SSSR count). The van der Waals surface area contributed by atoms with Crippen molar-refractivity contribution in [2.45, 2.75) is 0 Å². The first-order valence-corrected chi connectivity index (χ1v) is 5.83. The number of thioether (sulfide) groups is 2. The van der Waals surface area contributed by atoms with Crippen LogP contribution >= 0.6 is 36.2 Å². The first kappa shape index (κ1) is 10.0. The SMILES string of the molecule is [CH2]CSCCSCC[S]. The smallest absolute Gasteiger partial charge is 0.0128 e. The molecule has 0 aromatic carbocycles. The quantitative estimate of drug-likeness (QED) is 0.576. The fourth-order valence-electron chi connectivity index (χ4n) is 0.381. The average Bonchev–Trinajstić information content (AvgIpc) is 1.89. The Morgan fingerprint density at radius 3 is 2.33 bits per heavy atom. The van der Waals surface area contributed by atoms with E-state index in [0.717, 1.165) is 17.3 Å². The van der Waals surface area contributed by atoms with Crippen molar-refractivity contribution < 1.29 is 0 Å². The molecule has 54 valence electrons. The Morgan fingerprint density at radius 2 is 1.78 bits per heavy atom. The first-order chi connectivity index (χ1) is 4.41. The maximum Gasteiger partial charge on any atom is 0.0128 e. The summed E-state index contributed by atoms with van der Waals surface area (Å²) in [5, 5.41) is 0. The second-order valence-electron chi connectivity index (χ2n) is 1.43. The van der Waals surface area contributed by atoms with Crippen LogP contribution in [0.25, 0.3) is 0 Å². The minimum Gasteiger partial charge on any atom is -0.161 e. The standard InChI is InChI=1S/C6H12S3/c1-2-8-5-6-9-4-3-7/h1-6H2. The second-order valence-corrected chi connectivity index (χ2v) is 4.29. The Balaban J connectivity index is 2.60. The zero-order valence-electron chi connectivity index (χ0n) is 5.47. The van der Waals surface area contributed by atoms with Crippen molar-refractivity contribution in [3.05, 3.63) is 6.92 Å². The third kappa shape index (κ3) is 9.05. The third-order valence-corrected chi connectivity index (χ3v) is 3.23. The molecule has 0 fully saturated rings. The van der Waals surface area contributed by atoms with E-state index < -0.39 is 0 Å². The molecule has 0 aromatic heterocycles. The van der Waals surface area contributed by atoms with Gasteiger partial charge in [0.2, 0.25) is 0 Å². The molecule has 0 aliphatic heterocycles. The van der Waals surface area contributed by atoms with E-state index in [2.05, 4.69) is 6.92 Å². The van der Waals surface area contributed by atoms with Gasteiger partial charge >= 0.3 is 0 Å². The molecule has 0 saturated heterocycles. The lowest BCUT2D eigenvalue weighted by Gasteiger charge is -1.95. The molecule has 9 heavy (non-hydrogen) atoms. The first-order valence-electron chi connectivity index (χ1n) is 2.94. The molecule has 0 unspecified atom stereocenters. The van der Waals surface area contributed by atoms with Crippen LogP contribution in [0.15, 0.2) is 0 Å². The largest absolute Gasteiger partial charge is 0.161 e. The predicted octanol–water partition coefficient (Wildman–Crippen LogP) is 2.48. The van der Waals surface area contributed by atoms with Crippen LogP contribution in [0, 0.1) is 6.92 Å². The van der Waals surface area contributed by atoms with E-state index in [9.17, 15) is 0 Å². The molecule has 0 aromatic rings. The van der Waals surface area contributed by atoms with Crippen molar-refractivity contribution in [3.8, 4) is 0 Å². The van der Waals surface area contributed by atoms with E-state index >= 15 is 0 Å². The summed E-state index contributed by atoms with van der Waals surface area (Å²) >= 11 is 8.62. The highest BCUT2D eigenvalue weighted by Gasteiger charge is 1.86. The Bertz CT molecular complexity index is 41.6. The topological polar surface area (TPSA) is 0 Å². The molecule has 2 radical (unpaired) electrons. The third-order valence-electron chi connectivity index (χ3n) is 0.744. The van der Waals surface area contributed by atoms with E-state index in [4.69, 9.17) is 12.6 Å². The van der Waals surface area contributed by atoms with E-state index in [1.165, 1.54) is 11.5 Å². The summed E-state index contributed by atoms with van der Waals surface area (Å²) in [6.07, 6.45) is 0. The van der Waals surface area contributed by atoms with Gasteiger partial charge in [-0.1, -0.05) is 12.6 Å². The summed E-state index contributed by atoms with van der Waals surface area (Å²) < 4.78 is 0. The predicted molar refractivity (Wildman–Crippen MR) is 52.5 cm³/mol. The normalized spacial score (nSPS) is 10.0. The molecular formula is C6H12S3. The molecule has 3 heteroatoms. The van der Waals surface area contributed by atoms with Gasteiger partial charge in [0.15, 0.2) is 0 Å². The highest BCUT2D eigenvalue weighted by atomic mass is 32.2. The van der Waals surface area contributed by atoms with Crippen molar-refractivity contribution in [1.82, 2.24) is 0 Å². The van der Waals surface area contributed by atoms with Crippen LogP contribution in [0.4, 0.5) is 0 Å². The van der Waals surface area contributed by atoms with E-state index in [1.54, 1.807) is 0 Å². The fourth-order valence-corrected chi connectivity index (χ4v) is 2.20. The van der Waals surface area contributed by atoms with Gasteiger partial charge in [0.05, 0.1) is 0 Å². The van der Waals surface area contributed by atoms with Crippen LogP contribution in [0.2, 0.25) is 0 Å². The lowest BCUT2D eigenvalue weighted by molar-refractivity contribution is 1.49. The zero-order chi connectivity index (χ0) is 6.95. The summed E-state index contributed by atoms with van der Waals surface area (Å²) in [6, 6.07) is 0. The van der Waals surface area contributed by atoms with Crippen molar-refractivity contribution in [2.75, 3.05) is 28.8 Å². The van der Waals surface area contributed by atoms with Gasteiger partial charge in [-0.2, -0.15) is 23.5 Å². The Labute approximate surface area is 72.0 Å². The summed E-state index contributed by atoms with van der Waals surface area (Å²) in [6.45, 7) is 3.74. The van der Waals surface area contributed by atoms with Crippen LogP contribution in [-0.4, -0.2) is 28.8 Å². The monoisotopic (exact) mass is 180 g/mol. The molecule has 0 aliphatic carbocycles. The fraction of sp³-hybridized carbons (Fsp3) is 0.833. The Morgan fingerprint density at radius 1 is 1.11 bits per heavy atom. The summed E-state index contributed by atoms with van der Waals surface area (Å²) in [5.74, 6) is 5.47. The van der Waals surface area contributed by atoms with Crippen LogP contribution in [0.1, 0.15) is 0 Å². The molecular weight excluding hydrogens is 168 g/mol. The Kier molecular flexibility index (Phi) is 10.1. The zero-order valence-corrected chi connectivity index (χ0v) is 7.92. The van der Waals surface area contributed by atoms with Crippen LogP contribution in [-0.2, 0) is 0 Å². The molecule has 0 bridgehead atoms. The molecule has 0 heterocycles. The average molecular weight is 180 g/mol. The molecule has 0 saturated carbocycles. The molecule has 0 spiro atoms. The minimum absolute atomic E-state index is 0.889. The van der Waals surface area contributed by atoms with E-state index in [0.29, 0.717) is 0 Å². The van der Waals surface area contributed by atoms with Crippen LogP contribution in [0.5, 0.6) is 0 Å². The van der Waals surface area contributed by atoms with Crippen molar-refractivity contribution in [3.63, 3.8) is 0 Å². The van der Waals surface area contributed by atoms with Crippen molar-refractivity contribution >= 4 is 36.2 Å². The highest BCUT2D eigenvalue weighted by molar-refractivity contribution is 8.03. The summed E-state index contributed by atoms with van der Waals surface area (Å²) in [7, 11) is 0. The summed E-state index contributed by atoms with van der Waals surface area (Å²) in [4.78, 5) is 0. The molecule has 0 atom stereocenters. The molecule has 0 aliphatic rings. The maximum atomic E-state index is 4.79. The Hall–Kier alpha value is 1.05. The lowest BCUT2D eigenvalue weighted by Crippen LogP contribution is -1.87. The van der Waals surface area contributed by atoms with Gasteiger partial charge in [-0.05, 0) is 12.7 Å². The minimum atomic E-state index is 0.889. The number of hydrogen-bond acceptors (Lipinski definition) is 2. The van der Waals surface area contributed by atoms with E-state index in [1.807, 2.05) is 23.5 Å². The number of hydrogen-bond donors (Lipinski definition) is 0. The molecule has 0 amide bonds. The van der Waals surface area contributed by atoms with E-state index in [-0.39, 0.29) is 0 Å². The van der Waals surface area contributed by atoms with Gasteiger partial charge in [-0.25, -0.2) is 0 Å². The summed E-state index contributed by atoms with van der Waals surface area (Å²) in [5.41, 5.74) is 0. The lowest BCUT2D eigenvalue weighted by atomic mass is 10.9. The van der Waals surface area contributed by atoms with Gasteiger partial charge in [-0.3, -0.25) is 0 Å².